The van der Waals surface area contributed by atoms with Crippen LogP contribution in [-0.4, -0.2) is 114 Å². The number of amides is 1. The minimum atomic E-state index is -1.44. The summed E-state index contributed by atoms with van der Waals surface area (Å²) in [5.41, 5.74) is -0.680. The molecule has 0 bridgehead atoms. The molecular formula is C40H68N2O10. The molecule has 0 saturated carbocycles. The highest BCUT2D eigenvalue weighted by atomic mass is 16.6. The zero-order valence-corrected chi connectivity index (χ0v) is 32.9. The van der Waals surface area contributed by atoms with Gasteiger partial charge in [-0.25, -0.2) is 4.79 Å². The Kier molecular flexibility index (Phi) is 20.2. The summed E-state index contributed by atoms with van der Waals surface area (Å²) < 4.78 is 23.1. The number of likely N-dealkylation sites (tertiary alicyclic amines) is 1. The number of carbonyl (C=O) groups excluding carboxylic acids is 3. The van der Waals surface area contributed by atoms with Crippen LogP contribution < -0.4 is 5.32 Å². The first kappa shape index (κ1) is 45.4. The van der Waals surface area contributed by atoms with Gasteiger partial charge in [-0.1, -0.05) is 58.4 Å². The van der Waals surface area contributed by atoms with E-state index in [0.717, 1.165) is 31.6 Å². The lowest BCUT2D eigenvalue weighted by Crippen LogP contribution is -2.44. The number of methoxy groups -OCH3 is 1. The van der Waals surface area contributed by atoms with E-state index in [-0.39, 0.29) is 49.7 Å². The highest BCUT2D eigenvalue weighted by molar-refractivity contribution is 5.70. The second-order valence-electron chi connectivity index (χ2n) is 15.1. The first-order valence-corrected chi connectivity index (χ1v) is 19.2. The number of hydrogen-bond acceptors (Lipinski definition) is 11. The highest BCUT2D eigenvalue weighted by Crippen LogP contribution is 2.30. The van der Waals surface area contributed by atoms with E-state index in [2.05, 4.69) is 10.2 Å². The molecule has 52 heavy (non-hydrogen) atoms. The zero-order valence-electron chi connectivity index (χ0n) is 32.9. The third-order valence-electron chi connectivity index (χ3n) is 10.6. The van der Waals surface area contributed by atoms with Crippen LogP contribution in [0.2, 0.25) is 0 Å². The number of piperidine rings is 1. The molecule has 12 heteroatoms. The summed E-state index contributed by atoms with van der Waals surface area (Å²) in [5, 5.41) is 35.1. The Morgan fingerprint density at radius 2 is 1.88 bits per heavy atom. The molecule has 2 aliphatic rings. The van der Waals surface area contributed by atoms with Crippen molar-refractivity contribution in [1.29, 1.82) is 0 Å². The molecule has 10 unspecified atom stereocenters. The Hall–Kier alpha value is -2.77. The maximum absolute atomic E-state index is 13.1. The molecule has 0 radical (unpaired) electrons. The molecule has 0 aromatic rings. The van der Waals surface area contributed by atoms with Crippen molar-refractivity contribution in [2.75, 3.05) is 39.9 Å². The van der Waals surface area contributed by atoms with E-state index in [1.165, 1.54) is 26.2 Å². The Bertz CT molecular complexity index is 1180. The van der Waals surface area contributed by atoms with Gasteiger partial charge < -0.3 is 44.5 Å². The number of nitrogens with zero attached hydrogens (tertiary/aromatic N) is 1. The fourth-order valence-corrected chi connectivity index (χ4v) is 7.27. The van der Waals surface area contributed by atoms with Crippen LogP contribution >= 0.6 is 0 Å². The number of alkyl carbamates (subject to hydrolysis) is 1. The van der Waals surface area contributed by atoms with E-state index in [0.29, 0.717) is 13.0 Å². The first-order chi connectivity index (χ1) is 24.6. The average molecular weight is 737 g/mol. The largest absolute Gasteiger partial charge is 0.457 e. The second kappa shape index (κ2) is 23.1. The molecular weight excluding hydrogens is 668 g/mol. The summed E-state index contributed by atoms with van der Waals surface area (Å²) in [6, 6.07) is 0. The van der Waals surface area contributed by atoms with Crippen molar-refractivity contribution in [3.63, 3.8) is 0 Å². The summed E-state index contributed by atoms with van der Waals surface area (Å²) >= 11 is 0. The molecule has 0 aliphatic carbocycles. The van der Waals surface area contributed by atoms with Crippen LogP contribution in [0.1, 0.15) is 99.8 Å². The number of rotatable bonds is 15. The SMILES string of the molecule is CCC(OC)C(C)C(CO)C(OC(=O)NCCN1CCCCC1)C(C)/C=C/C=C(\C)C1OC(=O)CC(O)CCC(C)(O)C(OC(C)=O)/C=C/CC1C. The number of ether oxygens (including phenoxy) is 4. The number of cyclic esters (lactones) is 1. The molecule has 4 N–H and O–H groups in total. The van der Waals surface area contributed by atoms with Gasteiger partial charge in [0.25, 0.3) is 0 Å². The van der Waals surface area contributed by atoms with Crippen molar-refractivity contribution in [2.24, 2.45) is 23.7 Å². The van der Waals surface area contributed by atoms with Crippen molar-refractivity contribution in [3.8, 4) is 0 Å². The van der Waals surface area contributed by atoms with Crippen molar-refractivity contribution in [1.82, 2.24) is 10.2 Å². The van der Waals surface area contributed by atoms with Crippen LogP contribution in [0.5, 0.6) is 0 Å². The average Bonchev–Trinajstić information content (AvgIpc) is 3.10. The summed E-state index contributed by atoms with van der Waals surface area (Å²) in [6.45, 7) is 15.7. The maximum atomic E-state index is 13.1. The Balaban J connectivity index is 2.29. The molecule has 1 amide bonds. The van der Waals surface area contributed by atoms with Gasteiger partial charge in [-0.2, -0.15) is 0 Å². The smallest absolute Gasteiger partial charge is 0.407 e. The Morgan fingerprint density at radius 3 is 2.50 bits per heavy atom. The fourth-order valence-electron chi connectivity index (χ4n) is 7.27. The standard InChI is InChI=1S/C40H68N2O10/c1-9-34(49-8)30(5)33(26-43)38(52-39(47)41-21-24-42-22-11-10-12-23-42)29(4)16-13-15-27(2)37-28(3)17-14-18-35(50-31(6)44)40(7,48)20-19-32(45)25-36(46)51-37/h13-16,18,28-30,32-35,37-38,43,45,48H,9-12,17,19-26H2,1-8H3,(H,41,47)/b16-13+,18-14+,27-15+. The van der Waals surface area contributed by atoms with Crippen molar-refractivity contribution in [3.05, 3.63) is 36.0 Å². The molecule has 2 rings (SSSR count). The van der Waals surface area contributed by atoms with Gasteiger partial charge in [0.1, 0.15) is 23.9 Å². The lowest BCUT2D eigenvalue weighted by atomic mass is 9.80. The summed E-state index contributed by atoms with van der Waals surface area (Å²) in [4.78, 5) is 40.2. The van der Waals surface area contributed by atoms with E-state index in [1.807, 2.05) is 58.9 Å². The van der Waals surface area contributed by atoms with E-state index in [9.17, 15) is 29.7 Å². The van der Waals surface area contributed by atoms with Crippen molar-refractivity contribution < 1.29 is 48.7 Å². The number of carbonyl (C=O) groups is 3. The second-order valence-corrected chi connectivity index (χ2v) is 15.1. The Morgan fingerprint density at radius 1 is 1.19 bits per heavy atom. The van der Waals surface area contributed by atoms with Gasteiger partial charge in [0, 0.05) is 51.5 Å². The minimum absolute atomic E-state index is 0.104. The van der Waals surface area contributed by atoms with Gasteiger partial charge in [0.2, 0.25) is 0 Å². The Labute approximate surface area is 312 Å². The number of nitrogens with one attached hydrogen (secondary N) is 1. The van der Waals surface area contributed by atoms with Crippen molar-refractivity contribution >= 4 is 18.0 Å². The molecule has 0 spiro atoms. The van der Waals surface area contributed by atoms with Crippen molar-refractivity contribution in [2.45, 2.75) is 136 Å². The van der Waals surface area contributed by atoms with Gasteiger partial charge in [-0.15, -0.1) is 0 Å². The van der Waals surface area contributed by atoms with E-state index in [1.54, 1.807) is 20.1 Å². The molecule has 10 atom stereocenters. The topological polar surface area (TPSA) is 164 Å². The predicted octanol–water partition coefficient (Wildman–Crippen LogP) is 5.10. The molecule has 12 nitrogen and oxygen atoms in total. The predicted molar refractivity (Wildman–Crippen MR) is 200 cm³/mol. The quantitative estimate of drug-likeness (QED) is 0.0766. The first-order valence-electron chi connectivity index (χ1n) is 19.2. The fraction of sp³-hybridized carbons (Fsp3) is 0.775. The van der Waals surface area contributed by atoms with Gasteiger partial charge in [-0.05, 0) is 83.0 Å². The molecule has 0 aromatic heterocycles. The molecule has 2 aliphatic heterocycles. The lowest BCUT2D eigenvalue weighted by Gasteiger charge is -2.36. The third kappa shape index (κ3) is 15.3. The van der Waals surface area contributed by atoms with Crippen LogP contribution in [0.15, 0.2) is 36.0 Å². The number of aliphatic hydroxyl groups is 3. The van der Waals surface area contributed by atoms with Gasteiger partial charge >= 0.3 is 18.0 Å². The monoisotopic (exact) mass is 736 g/mol. The van der Waals surface area contributed by atoms with E-state index in [4.69, 9.17) is 18.9 Å². The van der Waals surface area contributed by atoms with Gasteiger partial charge in [-0.3, -0.25) is 9.59 Å². The highest BCUT2D eigenvalue weighted by Gasteiger charge is 2.37. The summed E-state index contributed by atoms with van der Waals surface area (Å²) in [5.74, 6) is -2.09. The van der Waals surface area contributed by atoms with Crippen LogP contribution in [0.3, 0.4) is 0 Å². The summed E-state index contributed by atoms with van der Waals surface area (Å²) in [6.07, 6.45) is 9.92. The number of hydrogen-bond donors (Lipinski definition) is 4. The van der Waals surface area contributed by atoms with Crippen LogP contribution in [-0.2, 0) is 28.5 Å². The molecule has 298 valence electrons. The van der Waals surface area contributed by atoms with E-state index < -0.39 is 54.0 Å². The summed E-state index contributed by atoms with van der Waals surface area (Å²) in [7, 11) is 1.65. The maximum Gasteiger partial charge on any atom is 0.407 e. The van der Waals surface area contributed by atoms with Gasteiger partial charge in [0.15, 0.2) is 0 Å². The minimum Gasteiger partial charge on any atom is -0.457 e. The molecule has 2 heterocycles. The normalized spacial score (nSPS) is 29.3. The van der Waals surface area contributed by atoms with E-state index >= 15 is 0 Å². The third-order valence-corrected chi connectivity index (χ3v) is 10.6. The number of aliphatic hydroxyl groups excluding tert-OH is 2. The molecule has 1 saturated heterocycles. The zero-order chi connectivity index (χ0) is 38.8. The molecule has 1 fully saturated rings. The van der Waals surface area contributed by atoms with Crippen LogP contribution in [0.25, 0.3) is 0 Å². The van der Waals surface area contributed by atoms with Crippen LogP contribution in [0.4, 0.5) is 4.79 Å². The number of allylic oxidation sites excluding steroid dienone is 3. The number of esters is 2. The lowest BCUT2D eigenvalue weighted by molar-refractivity contribution is -0.156. The van der Waals surface area contributed by atoms with Gasteiger partial charge in [0.05, 0.1) is 18.6 Å². The van der Waals surface area contributed by atoms with Crippen LogP contribution in [0, 0.1) is 23.7 Å². The molecule has 0 aromatic carbocycles.